The summed E-state index contributed by atoms with van der Waals surface area (Å²) in [5.74, 6) is 0.403. The first kappa shape index (κ1) is 18.6. The van der Waals surface area contributed by atoms with Crippen LogP contribution in [0.1, 0.15) is 18.2 Å². The molecule has 2 aromatic carbocycles. The molecule has 2 N–H and O–H groups in total. The number of H-pyrrole nitrogens is 1. The summed E-state index contributed by atoms with van der Waals surface area (Å²) in [6.45, 7) is 3.40. The van der Waals surface area contributed by atoms with Crippen LogP contribution in [0.15, 0.2) is 53.5 Å². The van der Waals surface area contributed by atoms with Crippen molar-refractivity contribution in [1.29, 1.82) is 0 Å². The third kappa shape index (κ3) is 4.15. The van der Waals surface area contributed by atoms with Crippen molar-refractivity contribution in [3.05, 3.63) is 64.4 Å². The van der Waals surface area contributed by atoms with Crippen LogP contribution in [0.5, 0.6) is 5.75 Å². The van der Waals surface area contributed by atoms with Crippen molar-refractivity contribution in [2.75, 3.05) is 12.4 Å². The summed E-state index contributed by atoms with van der Waals surface area (Å²) >= 11 is 5.60. The first-order chi connectivity index (χ1) is 13.0. The molecule has 7 heteroatoms. The Balaban J connectivity index is 1.94. The number of aryl methyl sites for hydroxylation is 1. The third-order valence-electron chi connectivity index (χ3n) is 3.97. The number of hydrogen-bond donors (Lipinski definition) is 2. The van der Waals surface area contributed by atoms with Crippen LogP contribution in [0.4, 0.5) is 11.4 Å². The number of anilines is 1. The maximum absolute atomic E-state index is 11.4. The molecule has 0 unspecified atom stereocenters. The van der Waals surface area contributed by atoms with Crippen LogP contribution in [0.2, 0.25) is 0 Å². The fourth-order valence-corrected chi connectivity index (χ4v) is 3.03. The molecule has 6 nitrogen and oxygen atoms in total. The van der Waals surface area contributed by atoms with Crippen LogP contribution in [0, 0.1) is 11.6 Å². The lowest BCUT2D eigenvalue weighted by Gasteiger charge is -2.09. The number of aromatic amines is 1. The summed E-state index contributed by atoms with van der Waals surface area (Å²) < 4.78 is 7.76. The van der Waals surface area contributed by atoms with E-state index in [-0.39, 0.29) is 5.91 Å². The van der Waals surface area contributed by atoms with Crippen LogP contribution in [-0.2, 0) is 4.79 Å². The molecular weight excluding hydrogens is 360 g/mol. The maximum Gasteiger partial charge on any atom is 0.221 e. The smallest absolute Gasteiger partial charge is 0.221 e. The summed E-state index contributed by atoms with van der Waals surface area (Å²) in [6.07, 6.45) is 1.73. The minimum atomic E-state index is -0.173. The number of ether oxygens (including phenoxy) is 1. The molecule has 1 heterocycles. The van der Waals surface area contributed by atoms with Crippen molar-refractivity contribution < 1.29 is 9.53 Å². The first-order valence-electron chi connectivity index (χ1n) is 8.36. The Labute approximate surface area is 162 Å². The van der Waals surface area contributed by atoms with Gasteiger partial charge in [0.2, 0.25) is 5.91 Å². The van der Waals surface area contributed by atoms with E-state index in [0.29, 0.717) is 21.8 Å². The number of methoxy groups -OCH3 is 1. The minimum absolute atomic E-state index is 0.173. The number of aliphatic imine (C=N–C) groups is 1. The van der Waals surface area contributed by atoms with Gasteiger partial charge in [-0.3, -0.25) is 14.9 Å². The number of carbonyl (C=O) groups is 1. The van der Waals surface area contributed by atoms with Gasteiger partial charge in [-0.25, -0.2) is 4.68 Å². The van der Waals surface area contributed by atoms with E-state index in [2.05, 4.69) is 15.4 Å². The molecule has 0 atom stereocenters. The molecule has 0 spiro atoms. The number of hydrogen-bond acceptors (Lipinski definition) is 4. The zero-order valence-electron chi connectivity index (χ0n) is 15.3. The molecule has 3 rings (SSSR count). The molecule has 0 saturated carbocycles. The molecule has 0 aliphatic heterocycles. The van der Waals surface area contributed by atoms with Gasteiger partial charge in [0.1, 0.15) is 10.4 Å². The predicted molar refractivity (Wildman–Crippen MR) is 110 cm³/mol. The topological polar surface area (TPSA) is 71.4 Å². The summed E-state index contributed by atoms with van der Waals surface area (Å²) in [5, 5.41) is 6.01. The van der Waals surface area contributed by atoms with E-state index in [0.717, 1.165) is 16.9 Å². The van der Waals surface area contributed by atoms with E-state index >= 15 is 0 Å². The monoisotopic (exact) mass is 380 g/mol. The molecular formula is C20H20N4O2S. The summed E-state index contributed by atoms with van der Waals surface area (Å²) in [5.41, 5.74) is 3.97. The molecule has 0 aliphatic rings. The van der Waals surface area contributed by atoms with Crippen LogP contribution in [0.25, 0.3) is 5.69 Å². The standard InChI is InChI=1S/C20H20N4O2S/c1-13-17(20(27)24(23-13)16-7-5-4-6-8-16)12-21-15-9-10-19(26-3)18(11-15)22-14(2)25/h4-12,23H,1-3H3,(H,22,25). The van der Waals surface area contributed by atoms with Crippen molar-refractivity contribution >= 4 is 35.7 Å². The lowest BCUT2D eigenvalue weighted by molar-refractivity contribution is -0.114. The van der Waals surface area contributed by atoms with Gasteiger partial charge in [-0.05, 0) is 37.3 Å². The molecule has 0 aliphatic carbocycles. The first-order valence-corrected chi connectivity index (χ1v) is 8.77. The second-order valence-corrected chi connectivity index (χ2v) is 6.34. The molecule has 1 amide bonds. The Kier molecular flexibility index (Phi) is 5.52. The van der Waals surface area contributed by atoms with Crippen LogP contribution < -0.4 is 10.1 Å². The van der Waals surface area contributed by atoms with Crippen molar-refractivity contribution in [1.82, 2.24) is 9.78 Å². The number of nitrogens with zero attached hydrogens (tertiary/aromatic N) is 2. The number of benzene rings is 2. The summed E-state index contributed by atoms with van der Waals surface area (Å²) in [6, 6.07) is 15.2. The number of rotatable bonds is 5. The van der Waals surface area contributed by atoms with Crippen molar-refractivity contribution in [3.8, 4) is 11.4 Å². The Bertz CT molecular complexity index is 1050. The lowest BCUT2D eigenvalue weighted by atomic mass is 10.2. The van der Waals surface area contributed by atoms with E-state index in [1.165, 1.54) is 6.92 Å². The molecule has 3 aromatic rings. The fourth-order valence-electron chi connectivity index (χ4n) is 2.67. The van der Waals surface area contributed by atoms with E-state index in [1.807, 2.05) is 48.0 Å². The number of nitrogens with one attached hydrogen (secondary N) is 2. The highest BCUT2D eigenvalue weighted by atomic mass is 32.1. The second kappa shape index (κ2) is 8.01. The van der Waals surface area contributed by atoms with Crippen LogP contribution in [0.3, 0.4) is 0 Å². The van der Waals surface area contributed by atoms with Crippen molar-refractivity contribution in [2.45, 2.75) is 13.8 Å². The highest BCUT2D eigenvalue weighted by molar-refractivity contribution is 7.71. The zero-order valence-corrected chi connectivity index (χ0v) is 16.1. The van der Waals surface area contributed by atoms with Gasteiger partial charge in [0.15, 0.2) is 0 Å². The average molecular weight is 380 g/mol. The Morgan fingerprint density at radius 2 is 2.00 bits per heavy atom. The van der Waals surface area contributed by atoms with Gasteiger partial charge >= 0.3 is 0 Å². The molecule has 0 bridgehead atoms. The molecule has 0 radical (unpaired) electrons. The largest absolute Gasteiger partial charge is 0.495 e. The van der Waals surface area contributed by atoms with E-state index < -0.39 is 0 Å². The fraction of sp³-hybridized carbons (Fsp3) is 0.150. The van der Waals surface area contributed by atoms with Crippen LogP contribution >= 0.6 is 12.2 Å². The normalized spacial score (nSPS) is 10.9. The quantitative estimate of drug-likeness (QED) is 0.503. The number of amides is 1. The van der Waals surface area contributed by atoms with Gasteiger partial charge in [0, 0.05) is 18.8 Å². The Hall–Kier alpha value is -3.19. The van der Waals surface area contributed by atoms with Crippen molar-refractivity contribution in [3.63, 3.8) is 0 Å². The van der Waals surface area contributed by atoms with Gasteiger partial charge in [-0.2, -0.15) is 0 Å². The average Bonchev–Trinajstić information content (AvgIpc) is 2.94. The van der Waals surface area contributed by atoms with E-state index in [4.69, 9.17) is 17.0 Å². The van der Waals surface area contributed by atoms with Gasteiger partial charge in [0.05, 0.1) is 29.7 Å². The van der Waals surface area contributed by atoms with E-state index in [1.54, 1.807) is 25.5 Å². The maximum atomic E-state index is 11.4. The highest BCUT2D eigenvalue weighted by Gasteiger charge is 2.08. The molecule has 0 fully saturated rings. The molecule has 0 saturated heterocycles. The zero-order chi connectivity index (χ0) is 19.4. The highest BCUT2D eigenvalue weighted by Crippen LogP contribution is 2.29. The van der Waals surface area contributed by atoms with Gasteiger partial charge < -0.3 is 10.1 Å². The second-order valence-electron chi connectivity index (χ2n) is 5.95. The van der Waals surface area contributed by atoms with Gasteiger partial charge in [-0.15, -0.1) is 0 Å². The minimum Gasteiger partial charge on any atom is -0.495 e. The Morgan fingerprint density at radius 1 is 1.26 bits per heavy atom. The number of para-hydroxylation sites is 1. The van der Waals surface area contributed by atoms with E-state index in [9.17, 15) is 4.79 Å². The SMILES string of the molecule is COc1ccc(N=Cc2c(C)[nH]n(-c3ccccc3)c2=S)cc1NC(C)=O. The van der Waals surface area contributed by atoms with Crippen LogP contribution in [-0.4, -0.2) is 29.0 Å². The van der Waals surface area contributed by atoms with Crippen molar-refractivity contribution in [2.24, 2.45) is 4.99 Å². The molecule has 138 valence electrons. The van der Waals surface area contributed by atoms with Gasteiger partial charge in [-0.1, -0.05) is 30.4 Å². The predicted octanol–water partition coefficient (Wildman–Crippen LogP) is 4.56. The lowest BCUT2D eigenvalue weighted by Crippen LogP contribution is -2.06. The molecule has 1 aromatic heterocycles. The Morgan fingerprint density at radius 3 is 2.67 bits per heavy atom. The third-order valence-corrected chi connectivity index (χ3v) is 4.37. The summed E-state index contributed by atoms with van der Waals surface area (Å²) in [4.78, 5) is 15.9. The number of aromatic nitrogens is 2. The summed E-state index contributed by atoms with van der Waals surface area (Å²) in [7, 11) is 1.55. The van der Waals surface area contributed by atoms with Gasteiger partial charge in [0.25, 0.3) is 0 Å². The molecule has 27 heavy (non-hydrogen) atoms. The number of carbonyl (C=O) groups excluding carboxylic acids is 1.